The highest BCUT2D eigenvalue weighted by Crippen LogP contribution is 2.14. The molecule has 142 valence electrons. The Labute approximate surface area is 157 Å². The number of fused-ring (bicyclic) bond motifs is 1. The first-order valence-corrected chi connectivity index (χ1v) is 8.89. The minimum absolute atomic E-state index is 0.148. The van der Waals surface area contributed by atoms with Crippen LogP contribution >= 0.6 is 0 Å². The summed E-state index contributed by atoms with van der Waals surface area (Å²) in [5.41, 5.74) is 0.463. The molecule has 0 saturated carbocycles. The van der Waals surface area contributed by atoms with Crippen molar-refractivity contribution in [3.05, 3.63) is 52.7 Å². The third-order valence-electron chi connectivity index (χ3n) is 4.51. The molecule has 0 aliphatic carbocycles. The first kappa shape index (κ1) is 18.8. The third-order valence-corrected chi connectivity index (χ3v) is 4.51. The first-order chi connectivity index (χ1) is 12.9. The zero-order valence-corrected chi connectivity index (χ0v) is 15.9. The molecule has 3 rings (SSSR count). The zero-order chi connectivity index (χ0) is 19.6. The maximum absolute atomic E-state index is 12.6. The quantitative estimate of drug-likeness (QED) is 0.695. The van der Waals surface area contributed by atoms with E-state index in [1.165, 1.54) is 0 Å². The number of aromatic nitrogens is 4. The van der Waals surface area contributed by atoms with Gasteiger partial charge < -0.3 is 10.3 Å². The van der Waals surface area contributed by atoms with Crippen LogP contribution in [-0.2, 0) is 11.3 Å². The summed E-state index contributed by atoms with van der Waals surface area (Å²) in [6.07, 6.45) is 1.66. The second-order valence-corrected chi connectivity index (χ2v) is 6.86. The highest BCUT2D eigenvalue weighted by molar-refractivity contribution is 5.93. The summed E-state index contributed by atoms with van der Waals surface area (Å²) >= 11 is 0. The van der Waals surface area contributed by atoms with E-state index >= 15 is 0 Å². The van der Waals surface area contributed by atoms with Crippen LogP contribution in [0.15, 0.2) is 41.3 Å². The average molecular weight is 368 g/mol. The topological polar surface area (TPSA) is 95.9 Å². The molecule has 0 radical (unpaired) electrons. The second-order valence-electron chi connectivity index (χ2n) is 6.86. The van der Waals surface area contributed by atoms with Gasteiger partial charge in [0.2, 0.25) is 5.91 Å². The number of H-pyrrole nitrogens is 1. The number of rotatable bonds is 6. The molecule has 1 aromatic carbocycles. The predicted octanol–water partition coefficient (Wildman–Crippen LogP) is 2.16. The maximum Gasteiger partial charge on any atom is 0.258 e. The van der Waals surface area contributed by atoms with Crippen LogP contribution in [0.3, 0.4) is 0 Å². The third kappa shape index (κ3) is 4.06. The van der Waals surface area contributed by atoms with E-state index in [0.29, 0.717) is 29.1 Å². The maximum atomic E-state index is 12.6. The summed E-state index contributed by atoms with van der Waals surface area (Å²) in [6.45, 7) is 6.16. The van der Waals surface area contributed by atoms with Crippen LogP contribution in [0.2, 0.25) is 0 Å². The number of hydrogen-bond acceptors (Lipinski definition) is 5. The molecule has 8 nitrogen and oxygen atoms in total. The number of amides is 1. The minimum atomic E-state index is -0.419. The number of carbonyl (C=O) groups is 1. The standard InChI is InChI=1S/C19H24N6O2/c1-12(2)25-17(9-10-20-25)23-18(26)13(3)24(4)11-16-21-15-8-6-5-7-14(15)19(27)22-16/h5-10,12-13H,11H2,1-4H3,(H,23,26)(H,21,22,27)/t13-/m0/s1. The molecule has 2 N–H and O–H groups in total. The molecular formula is C19H24N6O2. The smallest absolute Gasteiger partial charge is 0.258 e. The monoisotopic (exact) mass is 368 g/mol. The number of carbonyl (C=O) groups excluding carboxylic acids is 1. The Hall–Kier alpha value is -3.00. The number of benzene rings is 1. The first-order valence-electron chi connectivity index (χ1n) is 8.89. The summed E-state index contributed by atoms with van der Waals surface area (Å²) in [4.78, 5) is 33.9. The molecule has 27 heavy (non-hydrogen) atoms. The van der Waals surface area contributed by atoms with E-state index in [2.05, 4.69) is 20.4 Å². The van der Waals surface area contributed by atoms with Crippen molar-refractivity contribution in [1.29, 1.82) is 0 Å². The van der Waals surface area contributed by atoms with Crippen molar-refractivity contribution in [1.82, 2.24) is 24.6 Å². The molecule has 0 aliphatic heterocycles. The summed E-state index contributed by atoms with van der Waals surface area (Å²) in [7, 11) is 1.82. The molecule has 1 amide bonds. The highest BCUT2D eigenvalue weighted by Gasteiger charge is 2.21. The van der Waals surface area contributed by atoms with E-state index < -0.39 is 6.04 Å². The number of hydrogen-bond donors (Lipinski definition) is 2. The fraction of sp³-hybridized carbons (Fsp3) is 0.368. The van der Waals surface area contributed by atoms with Crippen molar-refractivity contribution in [2.75, 3.05) is 12.4 Å². The largest absolute Gasteiger partial charge is 0.310 e. The zero-order valence-electron chi connectivity index (χ0n) is 15.9. The molecule has 0 bridgehead atoms. The number of nitrogens with one attached hydrogen (secondary N) is 2. The van der Waals surface area contributed by atoms with E-state index in [-0.39, 0.29) is 17.5 Å². The van der Waals surface area contributed by atoms with Gasteiger partial charge >= 0.3 is 0 Å². The number of likely N-dealkylation sites (N-methyl/N-ethyl adjacent to an activating group) is 1. The molecule has 0 fully saturated rings. The Bertz CT molecular complexity index is 1010. The van der Waals surface area contributed by atoms with E-state index in [1.54, 1.807) is 35.1 Å². The molecule has 1 atom stereocenters. The lowest BCUT2D eigenvalue weighted by molar-refractivity contribution is -0.120. The average Bonchev–Trinajstić information content (AvgIpc) is 3.09. The Kier molecular flexibility index (Phi) is 5.36. The summed E-state index contributed by atoms with van der Waals surface area (Å²) in [5, 5.41) is 7.68. The summed E-state index contributed by atoms with van der Waals surface area (Å²) in [5.74, 6) is 1.03. The number of para-hydroxylation sites is 1. The van der Waals surface area contributed by atoms with Crippen LogP contribution in [0.4, 0.5) is 5.82 Å². The van der Waals surface area contributed by atoms with Gasteiger partial charge in [-0.05, 0) is 40.0 Å². The van der Waals surface area contributed by atoms with Crippen LogP contribution in [-0.4, -0.2) is 43.6 Å². The Morgan fingerprint density at radius 3 is 2.74 bits per heavy atom. The number of nitrogens with zero attached hydrogens (tertiary/aromatic N) is 4. The minimum Gasteiger partial charge on any atom is -0.310 e. The normalized spacial score (nSPS) is 12.7. The van der Waals surface area contributed by atoms with Gasteiger partial charge in [-0.3, -0.25) is 14.5 Å². The molecule has 2 heterocycles. The molecular weight excluding hydrogens is 344 g/mol. The van der Waals surface area contributed by atoms with Crippen molar-refractivity contribution >= 4 is 22.6 Å². The molecule has 8 heteroatoms. The van der Waals surface area contributed by atoms with E-state index in [9.17, 15) is 9.59 Å². The van der Waals surface area contributed by atoms with Gasteiger partial charge in [-0.1, -0.05) is 12.1 Å². The van der Waals surface area contributed by atoms with Crippen LogP contribution in [0, 0.1) is 0 Å². The van der Waals surface area contributed by atoms with Crippen molar-refractivity contribution in [3.8, 4) is 0 Å². The van der Waals surface area contributed by atoms with Crippen LogP contribution < -0.4 is 10.9 Å². The Balaban J connectivity index is 1.72. The van der Waals surface area contributed by atoms with E-state index in [1.807, 2.05) is 38.8 Å². The van der Waals surface area contributed by atoms with E-state index in [4.69, 9.17) is 0 Å². The van der Waals surface area contributed by atoms with Gasteiger partial charge in [0, 0.05) is 12.1 Å². The number of aromatic amines is 1. The Morgan fingerprint density at radius 1 is 1.26 bits per heavy atom. The van der Waals surface area contributed by atoms with E-state index in [0.717, 1.165) is 0 Å². The summed E-state index contributed by atoms with van der Waals surface area (Å²) in [6, 6.07) is 8.69. The van der Waals surface area contributed by atoms with Gasteiger partial charge in [-0.2, -0.15) is 5.10 Å². The highest BCUT2D eigenvalue weighted by atomic mass is 16.2. The van der Waals surface area contributed by atoms with Crippen molar-refractivity contribution in [2.45, 2.75) is 39.4 Å². The predicted molar refractivity (Wildman–Crippen MR) is 105 cm³/mol. The molecule has 0 saturated heterocycles. The van der Waals surface area contributed by atoms with Crippen LogP contribution in [0.1, 0.15) is 32.6 Å². The Morgan fingerprint density at radius 2 is 2.00 bits per heavy atom. The van der Waals surface area contributed by atoms with Crippen molar-refractivity contribution < 1.29 is 4.79 Å². The number of anilines is 1. The lowest BCUT2D eigenvalue weighted by Crippen LogP contribution is -2.40. The molecule has 3 aromatic rings. The fourth-order valence-corrected chi connectivity index (χ4v) is 2.84. The van der Waals surface area contributed by atoms with Gasteiger partial charge in [0.15, 0.2) is 0 Å². The lowest BCUT2D eigenvalue weighted by Gasteiger charge is -2.23. The van der Waals surface area contributed by atoms with Gasteiger partial charge in [-0.25, -0.2) is 9.67 Å². The second kappa shape index (κ2) is 7.71. The van der Waals surface area contributed by atoms with Gasteiger partial charge in [0.25, 0.3) is 5.56 Å². The van der Waals surface area contributed by atoms with Gasteiger partial charge in [0.05, 0.1) is 29.7 Å². The van der Waals surface area contributed by atoms with Crippen LogP contribution in [0.25, 0.3) is 10.9 Å². The summed E-state index contributed by atoms with van der Waals surface area (Å²) < 4.78 is 1.76. The van der Waals surface area contributed by atoms with Crippen molar-refractivity contribution in [3.63, 3.8) is 0 Å². The molecule has 2 aromatic heterocycles. The lowest BCUT2D eigenvalue weighted by atomic mass is 10.2. The molecule has 0 aliphatic rings. The van der Waals surface area contributed by atoms with Crippen LogP contribution in [0.5, 0.6) is 0 Å². The molecule has 0 spiro atoms. The van der Waals surface area contributed by atoms with Crippen molar-refractivity contribution in [2.24, 2.45) is 0 Å². The van der Waals surface area contributed by atoms with Gasteiger partial charge in [0.1, 0.15) is 11.6 Å². The molecule has 0 unspecified atom stereocenters. The van der Waals surface area contributed by atoms with Gasteiger partial charge in [-0.15, -0.1) is 0 Å². The SMILES string of the molecule is CC(C)n1nccc1NC(=O)[C@H](C)N(C)Cc1nc2ccccc2c(=O)[nH]1. The fourth-order valence-electron chi connectivity index (χ4n) is 2.84.